The van der Waals surface area contributed by atoms with Crippen LogP contribution in [0.5, 0.6) is 5.75 Å². The summed E-state index contributed by atoms with van der Waals surface area (Å²) in [6.07, 6.45) is 4.91. The summed E-state index contributed by atoms with van der Waals surface area (Å²) in [4.78, 5) is 13.7. The van der Waals surface area contributed by atoms with Crippen molar-refractivity contribution in [1.82, 2.24) is 10.3 Å². The van der Waals surface area contributed by atoms with Crippen LogP contribution >= 0.6 is 0 Å². The molecule has 1 N–H and O–H groups in total. The van der Waals surface area contributed by atoms with Crippen LogP contribution < -0.4 is 10.2 Å². The molecule has 1 atom stereocenters. The third-order valence-corrected chi connectivity index (χ3v) is 4.64. The van der Waals surface area contributed by atoms with Crippen LogP contribution in [0, 0.1) is 0 Å². The van der Waals surface area contributed by atoms with Crippen LogP contribution in [-0.2, 0) is 4.79 Å². The average Bonchev–Trinajstić information content (AvgIpc) is 2.98. The van der Waals surface area contributed by atoms with Gasteiger partial charge in [-0.2, -0.15) is 5.10 Å². The van der Waals surface area contributed by atoms with E-state index >= 15 is 0 Å². The molecule has 1 fully saturated rings. The van der Waals surface area contributed by atoms with Crippen LogP contribution in [0.2, 0.25) is 0 Å². The molecule has 1 aromatic rings. The van der Waals surface area contributed by atoms with Crippen molar-refractivity contribution in [1.29, 1.82) is 0 Å². The quantitative estimate of drug-likeness (QED) is 0.821. The number of nitrogens with zero attached hydrogens (tertiary/aromatic N) is 2. The average molecular weight is 315 g/mol. The lowest BCUT2D eigenvalue weighted by Crippen LogP contribution is -2.28. The molecule has 3 rings (SSSR count). The molecule has 1 saturated heterocycles. The molecular weight excluding hydrogens is 290 g/mol. The molecule has 2 aliphatic heterocycles. The molecule has 124 valence electrons. The van der Waals surface area contributed by atoms with Gasteiger partial charge < -0.3 is 9.64 Å². The summed E-state index contributed by atoms with van der Waals surface area (Å²) < 4.78 is 5.82. The Morgan fingerprint density at radius 3 is 2.78 bits per heavy atom. The Kier molecular flexibility index (Phi) is 5.28. The van der Waals surface area contributed by atoms with Crippen LogP contribution in [-0.4, -0.2) is 42.3 Å². The number of hydrogen-bond acceptors (Lipinski definition) is 4. The molecule has 0 aromatic heterocycles. The number of carbonyl (C=O) groups excluding carboxylic acids is 1. The van der Waals surface area contributed by atoms with Gasteiger partial charge in [0.25, 0.3) is 0 Å². The number of benzene rings is 1. The van der Waals surface area contributed by atoms with Crippen molar-refractivity contribution in [2.75, 3.05) is 19.7 Å². The Bertz CT molecular complexity index is 568. The van der Waals surface area contributed by atoms with Crippen molar-refractivity contribution in [2.45, 2.75) is 45.1 Å². The normalized spacial score (nSPS) is 21.9. The van der Waals surface area contributed by atoms with E-state index in [0.29, 0.717) is 12.8 Å². The molecule has 2 heterocycles. The second-order valence-corrected chi connectivity index (χ2v) is 6.35. The van der Waals surface area contributed by atoms with Gasteiger partial charge in [-0.3, -0.25) is 4.79 Å². The minimum absolute atomic E-state index is 0.0129. The van der Waals surface area contributed by atoms with Gasteiger partial charge >= 0.3 is 0 Å². The number of nitrogens with one attached hydrogen (secondary N) is 1. The van der Waals surface area contributed by atoms with Crippen molar-refractivity contribution in [3.8, 4) is 5.75 Å². The molecule has 5 nitrogen and oxygen atoms in total. The molecule has 1 unspecified atom stereocenters. The minimum atomic E-state index is -0.0129. The molecular formula is C18H25N3O2. The maximum atomic E-state index is 11.1. The number of hydrogen-bond donors (Lipinski definition) is 1. The second kappa shape index (κ2) is 7.59. The van der Waals surface area contributed by atoms with Crippen LogP contribution in [0.25, 0.3) is 0 Å². The second-order valence-electron chi connectivity index (χ2n) is 6.35. The van der Waals surface area contributed by atoms with Crippen LogP contribution in [0.3, 0.4) is 0 Å². The molecule has 0 spiro atoms. The van der Waals surface area contributed by atoms with Gasteiger partial charge in [0.15, 0.2) is 0 Å². The van der Waals surface area contributed by atoms with E-state index in [9.17, 15) is 4.79 Å². The fourth-order valence-electron chi connectivity index (χ4n) is 3.21. The summed E-state index contributed by atoms with van der Waals surface area (Å²) in [5.74, 6) is 0.879. The zero-order valence-electron chi connectivity index (χ0n) is 13.8. The Balaban J connectivity index is 1.43. The highest BCUT2D eigenvalue weighted by Gasteiger charge is 2.19. The van der Waals surface area contributed by atoms with E-state index in [1.807, 2.05) is 24.3 Å². The van der Waals surface area contributed by atoms with Gasteiger partial charge in [-0.05, 0) is 62.6 Å². The van der Waals surface area contributed by atoms with Gasteiger partial charge in [0.1, 0.15) is 5.75 Å². The van der Waals surface area contributed by atoms with Gasteiger partial charge in [-0.15, -0.1) is 0 Å². The van der Waals surface area contributed by atoms with Gasteiger partial charge in [-0.25, -0.2) is 5.43 Å². The highest BCUT2D eigenvalue weighted by molar-refractivity contribution is 6.04. The SMILES string of the molecule is CC1CCCN1CCCOc1ccc(C2=NNC(=O)CC2)cc1. The first kappa shape index (κ1) is 16.0. The van der Waals surface area contributed by atoms with E-state index in [-0.39, 0.29) is 5.91 Å². The molecule has 23 heavy (non-hydrogen) atoms. The molecule has 5 heteroatoms. The fourth-order valence-corrected chi connectivity index (χ4v) is 3.21. The van der Waals surface area contributed by atoms with E-state index in [1.165, 1.54) is 19.4 Å². The highest BCUT2D eigenvalue weighted by Crippen LogP contribution is 2.18. The third-order valence-electron chi connectivity index (χ3n) is 4.64. The monoisotopic (exact) mass is 315 g/mol. The largest absolute Gasteiger partial charge is 0.494 e. The zero-order valence-corrected chi connectivity index (χ0v) is 13.8. The van der Waals surface area contributed by atoms with Crippen molar-refractivity contribution in [3.63, 3.8) is 0 Å². The van der Waals surface area contributed by atoms with Crippen molar-refractivity contribution in [3.05, 3.63) is 29.8 Å². The molecule has 2 aliphatic rings. The van der Waals surface area contributed by atoms with Crippen molar-refractivity contribution < 1.29 is 9.53 Å². The first-order valence-electron chi connectivity index (χ1n) is 8.55. The first-order chi connectivity index (χ1) is 11.2. The van der Waals surface area contributed by atoms with Gasteiger partial charge in [0, 0.05) is 25.4 Å². The van der Waals surface area contributed by atoms with Crippen LogP contribution in [0.4, 0.5) is 0 Å². The lowest BCUT2D eigenvalue weighted by Gasteiger charge is -2.20. The summed E-state index contributed by atoms with van der Waals surface area (Å²) >= 11 is 0. The standard InChI is InChI=1S/C18H25N3O2/c1-14-4-2-11-21(14)12-3-13-23-16-7-5-15(6-8-16)17-9-10-18(22)20-19-17/h5-8,14H,2-4,9-13H2,1H3,(H,20,22). The predicted molar refractivity (Wildman–Crippen MR) is 90.7 cm³/mol. The molecule has 0 bridgehead atoms. The van der Waals surface area contributed by atoms with E-state index in [0.717, 1.165) is 42.6 Å². The zero-order chi connectivity index (χ0) is 16.1. The number of amides is 1. The number of hydrazone groups is 1. The lowest BCUT2D eigenvalue weighted by molar-refractivity contribution is -0.121. The van der Waals surface area contributed by atoms with Crippen LogP contribution in [0.15, 0.2) is 29.4 Å². The Labute approximate surface area is 137 Å². The molecule has 0 aliphatic carbocycles. The van der Waals surface area contributed by atoms with Crippen molar-refractivity contribution >= 4 is 11.6 Å². The van der Waals surface area contributed by atoms with Crippen molar-refractivity contribution in [2.24, 2.45) is 5.10 Å². The number of ether oxygens (including phenoxy) is 1. The number of carbonyl (C=O) groups is 1. The Morgan fingerprint density at radius 2 is 2.13 bits per heavy atom. The highest BCUT2D eigenvalue weighted by atomic mass is 16.5. The van der Waals surface area contributed by atoms with E-state index in [1.54, 1.807) is 0 Å². The first-order valence-corrected chi connectivity index (χ1v) is 8.55. The Morgan fingerprint density at radius 1 is 1.30 bits per heavy atom. The van der Waals surface area contributed by atoms with E-state index in [4.69, 9.17) is 4.74 Å². The summed E-state index contributed by atoms with van der Waals surface area (Å²) in [7, 11) is 0. The number of likely N-dealkylation sites (tertiary alicyclic amines) is 1. The molecule has 1 amide bonds. The topological polar surface area (TPSA) is 53.9 Å². The summed E-state index contributed by atoms with van der Waals surface area (Å²) in [5, 5.41) is 4.11. The summed E-state index contributed by atoms with van der Waals surface area (Å²) in [6, 6.07) is 8.70. The predicted octanol–water partition coefficient (Wildman–Crippen LogP) is 2.55. The fraction of sp³-hybridized carbons (Fsp3) is 0.556. The maximum Gasteiger partial charge on any atom is 0.240 e. The summed E-state index contributed by atoms with van der Waals surface area (Å²) in [5.41, 5.74) is 4.50. The third kappa shape index (κ3) is 4.32. The summed E-state index contributed by atoms with van der Waals surface area (Å²) in [6.45, 7) is 5.41. The molecule has 0 radical (unpaired) electrons. The number of rotatable bonds is 6. The van der Waals surface area contributed by atoms with Crippen LogP contribution in [0.1, 0.15) is 44.6 Å². The van der Waals surface area contributed by atoms with Gasteiger partial charge in [0.05, 0.1) is 12.3 Å². The minimum Gasteiger partial charge on any atom is -0.494 e. The molecule has 0 saturated carbocycles. The molecule has 1 aromatic carbocycles. The smallest absolute Gasteiger partial charge is 0.240 e. The Hall–Kier alpha value is -1.88. The maximum absolute atomic E-state index is 11.1. The van der Waals surface area contributed by atoms with E-state index < -0.39 is 0 Å². The lowest BCUT2D eigenvalue weighted by atomic mass is 10.0. The van der Waals surface area contributed by atoms with E-state index in [2.05, 4.69) is 22.4 Å². The van der Waals surface area contributed by atoms with Gasteiger partial charge in [0.2, 0.25) is 5.91 Å². The van der Waals surface area contributed by atoms with Gasteiger partial charge in [-0.1, -0.05) is 0 Å².